The Balaban J connectivity index is 1.46. The summed E-state index contributed by atoms with van der Waals surface area (Å²) >= 11 is 0. The molecule has 4 nitrogen and oxygen atoms in total. The van der Waals surface area contributed by atoms with Crippen LogP contribution in [0.1, 0.15) is 43.6 Å². The van der Waals surface area contributed by atoms with Crippen LogP contribution in [0.2, 0.25) is 0 Å². The molecule has 0 saturated heterocycles. The van der Waals surface area contributed by atoms with E-state index in [2.05, 4.69) is 33.0 Å². The summed E-state index contributed by atoms with van der Waals surface area (Å²) < 4.78 is 15.9. The zero-order chi connectivity index (χ0) is 16.8. The van der Waals surface area contributed by atoms with Crippen LogP contribution in [0.3, 0.4) is 0 Å². The second-order valence-corrected chi connectivity index (χ2v) is 7.21. The highest BCUT2D eigenvalue weighted by molar-refractivity contribution is 5.62. The van der Waals surface area contributed by atoms with Crippen molar-refractivity contribution in [3.63, 3.8) is 0 Å². The van der Waals surface area contributed by atoms with E-state index in [0.29, 0.717) is 6.42 Å². The monoisotopic (exact) mass is 336 g/mol. The van der Waals surface area contributed by atoms with E-state index in [1.54, 1.807) is 0 Å². The molecular formula is C20H21FN4. The van der Waals surface area contributed by atoms with Crippen LogP contribution in [0, 0.1) is 0 Å². The third kappa shape index (κ3) is 2.77. The summed E-state index contributed by atoms with van der Waals surface area (Å²) in [4.78, 5) is 9.25. The minimum absolute atomic E-state index is 0.119. The summed E-state index contributed by atoms with van der Waals surface area (Å²) in [5, 5.41) is 3.26. The fourth-order valence-corrected chi connectivity index (χ4v) is 3.78. The van der Waals surface area contributed by atoms with Gasteiger partial charge >= 0.3 is 0 Å². The molecule has 2 aliphatic rings. The fourth-order valence-electron chi connectivity index (χ4n) is 3.78. The van der Waals surface area contributed by atoms with Crippen molar-refractivity contribution >= 4 is 11.5 Å². The maximum atomic E-state index is 13.9. The van der Waals surface area contributed by atoms with E-state index in [9.17, 15) is 4.39 Å². The Morgan fingerprint density at radius 2 is 2.04 bits per heavy atom. The van der Waals surface area contributed by atoms with Crippen molar-refractivity contribution in [3.05, 3.63) is 48.3 Å². The second-order valence-electron chi connectivity index (χ2n) is 7.21. The number of anilines is 1. The molecular weight excluding hydrogens is 315 g/mol. The molecule has 0 unspecified atom stereocenters. The highest BCUT2D eigenvalue weighted by atomic mass is 19.1. The van der Waals surface area contributed by atoms with Gasteiger partial charge in [0.1, 0.15) is 17.6 Å². The first-order chi connectivity index (χ1) is 12.3. The topological polar surface area (TPSA) is 42.2 Å². The molecule has 25 heavy (non-hydrogen) atoms. The van der Waals surface area contributed by atoms with Crippen molar-refractivity contribution in [1.82, 2.24) is 14.4 Å². The molecule has 0 spiro atoms. The maximum absolute atomic E-state index is 13.9. The Bertz CT molecular complexity index is 915. The number of halogens is 1. The van der Waals surface area contributed by atoms with Crippen molar-refractivity contribution in [2.45, 2.75) is 50.2 Å². The van der Waals surface area contributed by atoms with Gasteiger partial charge in [-0.1, -0.05) is 6.07 Å². The Morgan fingerprint density at radius 3 is 2.84 bits per heavy atom. The number of alkyl halides is 1. The molecule has 5 rings (SSSR count). The molecule has 2 aliphatic carbocycles. The Kier molecular flexibility index (Phi) is 3.47. The van der Waals surface area contributed by atoms with E-state index in [-0.39, 0.29) is 6.04 Å². The molecule has 0 radical (unpaired) electrons. The summed E-state index contributed by atoms with van der Waals surface area (Å²) in [6, 6.07) is 10.1. The molecule has 0 aromatic carbocycles. The lowest BCUT2D eigenvalue weighted by atomic mass is 10.2. The summed E-state index contributed by atoms with van der Waals surface area (Å²) in [5.74, 6) is 1.45. The molecule has 1 N–H and O–H groups in total. The van der Waals surface area contributed by atoms with Gasteiger partial charge in [-0.25, -0.2) is 14.4 Å². The number of pyridine rings is 2. The van der Waals surface area contributed by atoms with Crippen molar-refractivity contribution in [2.75, 3.05) is 5.32 Å². The van der Waals surface area contributed by atoms with Crippen LogP contribution in [-0.2, 0) is 0 Å². The molecule has 0 aliphatic heterocycles. The highest BCUT2D eigenvalue weighted by Gasteiger charge is 2.27. The van der Waals surface area contributed by atoms with Gasteiger partial charge < -0.3 is 5.32 Å². The van der Waals surface area contributed by atoms with E-state index in [4.69, 9.17) is 4.98 Å². The van der Waals surface area contributed by atoms with Crippen LogP contribution in [0.25, 0.3) is 17.0 Å². The van der Waals surface area contributed by atoms with Gasteiger partial charge in [0.15, 0.2) is 0 Å². The van der Waals surface area contributed by atoms with Crippen molar-refractivity contribution in [3.8, 4) is 11.4 Å². The first-order valence-electron chi connectivity index (χ1n) is 9.13. The maximum Gasteiger partial charge on any atom is 0.137 e. The molecule has 2 atom stereocenters. The van der Waals surface area contributed by atoms with Gasteiger partial charge in [-0.3, -0.25) is 4.40 Å². The normalized spacial score (nSPS) is 23.2. The van der Waals surface area contributed by atoms with Crippen molar-refractivity contribution < 1.29 is 4.39 Å². The zero-order valence-electron chi connectivity index (χ0n) is 14.0. The molecule has 3 heterocycles. The summed E-state index contributed by atoms with van der Waals surface area (Å²) in [6.45, 7) is 0. The molecule has 128 valence electrons. The third-order valence-corrected chi connectivity index (χ3v) is 5.36. The predicted molar refractivity (Wildman–Crippen MR) is 96.6 cm³/mol. The zero-order valence-corrected chi connectivity index (χ0v) is 14.0. The van der Waals surface area contributed by atoms with Crippen LogP contribution in [0.5, 0.6) is 0 Å². The van der Waals surface area contributed by atoms with Gasteiger partial charge in [0.2, 0.25) is 0 Å². The van der Waals surface area contributed by atoms with Crippen LogP contribution in [0.15, 0.2) is 42.7 Å². The van der Waals surface area contributed by atoms with Crippen LogP contribution < -0.4 is 5.32 Å². The van der Waals surface area contributed by atoms with E-state index < -0.39 is 6.17 Å². The number of hydrogen-bond acceptors (Lipinski definition) is 3. The quantitative estimate of drug-likeness (QED) is 0.758. The molecule has 3 aromatic rings. The summed E-state index contributed by atoms with van der Waals surface area (Å²) in [5.41, 5.74) is 4.15. The molecule has 0 amide bonds. The van der Waals surface area contributed by atoms with Gasteiger partial charge in [-0.2, -0.15) is 0 Å². The lowest BCUT2D eigenvalue weighted by molar-refractivity contribution is 0.323. The van der Waals surface area contributed by atoms with Crippen LogP contribution in [0.4, 0.5) is 10.2 Å². The number of hydrogen-bond donors (Lipinski definition) is 1. The molecule has 5 heteroatoms. The average Bonchev–Trinajstić information content (AvgIpc) is 3.28. The van der Waals surface area contributed by atoms with Gasteiger partial charge in [0.05, 0.1) is 23.6 Å². The minimum atomic E-state index is -0.776. The first kappa shape index (κ1) is 14.9. The predicted octanol–water partition coefficient (Wildman–Crippen LogP) is 4.58. The molecule has 0 bridgehead atoms. The Morgan fingerprint density at radius 1 is 1.12 bits per heavy atom. The number of nitrogens with one attached hydrogen (secondary N) is 1. The lowest BCUT2D eigenvalue weighted by Gasteiger charge is -2.16. The fraction of sp³-hybridized carbons (Fsp3) is 0.400. The molecule has 2 saturated carbocycles. The average molecular weight is 336 g/mol. The number of fused-ring (bicyclic) bond motifs is 1. The van der Waals surface area contributed by atoms with E-state index in [0.717, 1.165) is 41.6 Å². The van der Waals surface area contributed by atoms with Crippen LogP contribution in [-0.4, -0.2) is 26.6 Å². The Labute approximate surface area is 146 Å². The first-order valence-corrected chi connectivity index (χ1v) is 9.13. The smallest absolute Gasteiger partial charge is 0.137 e. The van der Waals surface area contributed by atoms with Crippen molar-refractivity contribution in [2.24, 2.45) is 0 Å². The van der Waals surface area contributed by atoms with Crippen molar-refractivity contribution in [1.29, 1.82) is 0 Å². The van der Waals surface area contributed by atoms with E-state index >= 15 is 0 Å². The molecule has 3 aromatic heterocycles. The third-order valence-electron chi connectivity index (χ3n) is 5.36. The van der Waals surface area contributed by atoms with E-state index in [1.165, 1.54) is 18.4 Å². The van der Waals surface area contributed by atoms with Crippen LogP contribution >= 0.6 is 0 Å². The number of nitrogens with zero attached hydrogens (tertiary/aromatic N) is 3. The minimum Gasteiger partial charge on any atom is -0.364 e. The van der Waals surface area contributed by atoms with Gasteiger partial charge in [0, 0.05) is 6.20 Å². The SMILES string of the molecule is F[C@H]1CCC[C@@H]1Nc1cccc(-c2cnc3cc(C4CC4)ccn23)n1. The van der Waals surface area contributed by atoms with Gasteiger partial charge in [-0.15, -0.1) is 0 Å². The van der Waals surface area contributed by atoms with E-state index in [1.807, 2.05) is 24.4 Å². The second kappa shape index (κ2) is 5.83. The highest BCUT2D eigenvalue weighted by Crippen LogP contribution is 2.40. The standard InChI is InChI=1S/C20H21FN4/c21-15-3-1-4-16(15)23-19-6-2-5-17(24-19)18-12-22-20-11-14(13-7-8-13)9-10-25(18)20/h2,5-6,9-13,15-16H,1,3-4,7-8H2,(H,23,24)/t15-,16-/m0/s1. The summed E-state index contributed by atoms with van der Waals surface area (Å²) in [7, 11) is 0. The molecule has 2 fully saturated rings. The summed E-state index contributed by atoms with van der Waals surface area (Å²) in [6.07, 6.45) is 8.20. The number of imidazole rings is 1. The number of rotatable bonds is 4. The lowest BCUT2D eigenvalue weighted by Crippen LogP contribution is -2.25. The van der Waals surface area contributed by atoms with Gasteiger partial charge in [-0.05, 0) is 67.9 Å². The number of aromatic nitrogens is 3. The van der Waals surface area contributed by atoms with Gasteiger partial charge in [0.25, 0.3) is 0 Å². The largest absolute Gasteiger partial charge is 0.364 e. The Hall–Kier alpha value is -2.43.